The molecule has 2 amide bonds. The normalized spacial score (nSPS) is 14.5. The molecule has 1 N–H and O–H groups in total. The number of benzene rings is 2. The van der Waals surface area contributed by atoms with E-state index in [0.29, 0.717) is 48.7 Å². The number of halogens is 4. The molecule has 11 heteroatoms. The van der Waals surface area contributed by atoms with Gasteiger partial charge in [-0.2, -0.15) is 13.2 Å². The fraction of sp³-hybridized carbons (Fsp3) is 0.391. The van der Waals surface area contributed by atoms with Crippen molar-refractivity contribution in [1.82, 2.24) is 4.90 Å². The number of nitrogens with one attached hydrogen (secondary N) is 1. The number of anilines is 1. The molecule has 34 heavy (non-hydrogen) atoms. The lowest BCUT2D eigenvalue weighted by atomic mass is 9.95. The van der Waals surface area contributed by atoms with E-state index in [0.717, 1.165) is 18.2 Å². The minimum atomic E-state index is -4.55. The number of likely N-dealkylation sites (tertiary alicyclic amines) is 1. The summed E-state index contributed by atoms with van der Waals surface area (Å²) in [4.78, 5) is 27.3. The molecule has 7 nitrogen and oxygen atoms in total. The molecule has 3 rings (SSSR count). The fourth-order valence-corrected chi connectivity index (χ4v) is 3.93. The molecule has 1 saturated heterocycles. The number of alkyl halides is 3. The van der Waals surface area contributed by atoms with Crippen LogP contribution >= 0.6 is 11.6 Å². The van der Waals surface area contributed by atoms with E-state index in [1.165, 1.54) is 21.3 Å². The first-order chi connectivity index (χ1) is 16.1. The van der Waals surface area contributed by atoms with Gasteiger partial charge in [-0.05, 0) is 43.2 Å². The minimum Gasteiger partial charge on any atom is -0.493 e. The van der Waals surface area contributed by atoms with Crippen molar-refractivity contribution >= 4 is 29.1 Å². The van der Waals surface area contributed by atoms with Gasteiger partial charge >= 0.3 is 6.18 Å². The largest absolute Gasteiger partial charge is 0.493 e. The Morgan fingerprint density at radius 2 is 1.59 bits per heavy atom. The van der Waals surface area contributed by atoms with Crippen molar-refractivity contribution < 1.29 is 37.0 Å². The van der Waals surface area contributed by atoms with E-state index in [4.69, 9.17) is 25.8 Å². The Balaban J connectivity index is 1.67. The number of rotatable bonds is 6. The molecule has 1 aliphatic heterocycles. The highest BCUT2D eigenvalue weighted by molar-refractivity contribution is 6.33. The molecular formula is C23H24ClF3N2O5. The Labute approximate surface area is 199 Å². The van der Waals surface area contributed by atoms with Gasteiger partial charge in [-0.1, -0.05) is 11.6 Å². The quantitative estimate of drug-likeness (QED) is 0.612. The molecule has 0 spiro atoms. The lowest BCUT2D eigenvalue weighted by Gasteiger charge is -2.31. The van der Waals surface area contributed by atoms with Crippen LogP contribution in [0.2, 0.25) is 5.02 Å². The predicted octanol–water partition coefficient (Wildman–Crippen LogP) is 4.88. The average Bonchev–Trinajstić information content (AvgIpc) is 2.83. The van der Waals surface area contributed by atoms with E-state index in [9.17, 15) is 22.8 Å². The highest BCUT2D eigenvalue weighted by atomic mass is 35.5. The molecule has 0 atom stereocenters. The first-order valence-electron chi connectivity index (χ1n) is 10.4. The van der Waals surface area contributed by atoms with Crippen LogP contribution in [0.4, 0.5) is 18.9 Å². The molecule has 1 aliphatic rings. The van der Waals surface area contributed by atoms with Gasteiger partial charge in [-0.25, -0.2) is 0 Å². The number of ether oxygens (including phenoxy) is 3. The number of hydrogen-bond donors (Lipinski definition) is 1. The summed E-state index contributed by atoms with van der Waals surface area (Å²) in [6.07, 6.45) is -3.86. The molecule has 184 valence electrons. The summed E-state index contributed by atoms with van der Waals surface area (Å²) in [6, 6.07) is 5.86. The number of nitrogens with zero attached hydrogens (tertiary/aromatic N) is 1. The number of hydrogen-bond acceptors (Lipinski definition) is 5. The van der Waals surface area contributed by atoms with Gasteiger partial charge in [0.15, 0.2) is 11.5 Å². The Hall–Kier alpha value is -3.14. The molecule has 2 aromatic carbocycles. The third-order valence-corrected chi connectivity index (χ3v) is 5.95. The summed E-state index contributed by atoms with van der Waals surface area (Å²) < 4.78 is 54.8. The van der Waals surface area contributed by atoms with Crippen LogP contribution in [0.5, 0.6) is 17.2 Å². The highest BCUT2D eigenvalue weighted by Crippen LogP contribution is 2.39. The monoisotopic (exact) mass is 500 g/mol. The van der Waals surface area contributed by atoms with Gasteiger partial charge in [0, 0.05) is 24.6 Å². The SMILES string of the molecule is COc1cc(C(=O)N2CCC(C(=O)Nc3cc(C(F)(F)F)ccc3Cl)CC2)cc(OC)c1OC. The lowest BCUT2D eigenvalue weighted by Crippen LogP contribution is -2.41. The van der Waals surface area contributed by atoms with Gasteiger partial charge in [0.05, 0.1) is 37.6 Å². The first-order valence-corrected chi connectivity index (χ1v) is 10.7. The molecular weight excluding hydrogens is 477 g/mol. The average molecular weight is 501 g/mol. The maximum Gasteiger partial charge on any atom is 0.416 e. The van der Waals surface area contributed by atoms with Gasteiger partial charge < -0.3 is 24.4 Å². The smallest absolute Gasteiger partial charge is 0.416 e. The first kappa shape index (κ1) is 25.5. The van der Waals surface area contributed by atoms with Crippen molar-refractivity contribution in [2.45, 2.75) is 19.0 Å². The molecule has 0 radical (unpaired) electrons. The van der Waals surface area contributed by atoms with E-state index in [1.807, 2.05) is 0 Å². The summed E-state index contributed by atoms with van der Waals surface area (Å²) in [7, 11) is 4.36. The molecule has 1 fully saturated rings. The molecule has 0 aromatic heterocycles. The summed E-state index contributed by atoms with van der Waals surface area (Å²) in [5.74, 6) is -0.130. The zero-order chi connectivity index (χ0) is 25.0. The molecule has 0 unspecified atom stereocenters. The van der Waals surface area contributed by atoms with Crippen LogP contribution in [0.3, 0.4) is 0 Å². The zero-order valence-electron chi connectivity index (χ0n) is 18.8. The molecule has 0 bridgehead atoms. The number of piperidine rings is 1. The Morgan fingerprint density at radius 1 is 1.00 bits per heavy atom. The van der Waals surface area contributed by atoms with E-state index in [-0.39, 0.29) is 16.6 Å². The predicted molar refractivity (Wildman–Crippen MR) is 120 cm³/mol. The number of amides is 2. The van der Waals surface area contributed by atoms with Gasteiger partial charge in [0.25, 0.3) is 5.91 Å². The zero-order valence-corrected chi connectivity index (χ0v) is 19.5. The standard InChI is InChI=1S/C23H24ClF3N2O5/c1-32-18-10-14(11-19(33-2)20(18)34-3)22(31)29-8-6-13(7-9-29)21(30)28-17-12-15(23(25,26)27)4-5-16(17)24/h4-5,10-13H,6-9H2,1-3H3,(H,28,30). The number of carbonyl (C=O) groups is 2. The van der Waals surface area contributed by atoms with Crippen molar-refractivity contribution in [3.8, 4) is 17.2 Å². The maximum atomic E-state index is 13.0. The highest BCUT2D eigenvalue weighted by Gasteiger charge is 2.32. The van der Waals surface area contributed by atoms with Crippen LogP contribution in [0.25, 0.3) is 0 Å². The second-order valence-electron chi connectivity index (χ2n) is 7.66. The van der Waals surface area contributed by atoms with Crippen LogP contribution in [0.1, 0.15) is 28.8 Å². The van der Waals surface area contributed by atoms with Crippen molar-refractivity contribution in [2.75, 3.05) is 39.7 Å². The van der Waals surface area contributed by atoms with E-state index >= 15 is 0 Å². The van der Waals surface area contributed by atoms with Crippen molar-refractivity contribution in [3.63, 3.8) is 0 Å². The fourth-order valence-electron chi connectivity index (χ4n) is 3.76. The molecule has 0 saturated carbocycles. The lowest BCUT2D eigenvalue weighted by molar-refractivity contribution is -0.137. The van der Waals surface area contributed by atoms with Crippen LogP contribution < -0.4 is 19.5 Å². The van der Waals surface area contributed by atoms with Crippen molar-refractivity contribution in [1.29, 1.82) is 0 Å². The Kier molecular flexibility index (Phi) is 7.81. The van der Waals surface area contributed by atoms with Crippen LogP contribution in [-0.4, -0.2) is 51.1 Å². The minimum absolute atomic E-state index is 0.0105. The second-order valence-corrected chi connectivity index (χ2v) is 8.07. The molecule has 0 aliphatic carbocycles. The Bertz CT molecular complexity index is 1040. The van der Waals surface area contributed by atoms with E-state index in [2.05, 4.69) is 5.32 Å². The van der Waals surface area contributed by atoms with Crippen LogP contribution in [0.15, 0.2) is 30.3 Å². The maximum absolute atomic E-state index is 13.0. The third kappa shape index (κ3) is 5.49. The summed E-state index contributed by atoms with van der Waals surface area (Å²) in [5.41, 5.74) is -0.663. The van der Waals surface area contributed by atoms with E-state index in [1.54, 1.807) is 17.0 Å². The van der Waals surface area contributed by atoms with E-state index < -0.39 is 23.6 Å². The van der Waals surface area contributed by atoms with Crippen molar-refractivity contribution in [2.24, 2.45) is 5.92 Å². The summed E-state index contributed by atoms with van der Waals surface area (Å²) in [6.45, 7) is 0.591. The third-order valence-electron chi connectivity index (χ3n) is 5.62. The second kappa shape index (κ2) is 10.4. The van der Waals surface area contributed by atoms with Crippen molar-refractivity contribution in [3.05, 3.63) is 46.5 Å². The van der Waals surface area contributed by atoms with Gasteiger partial charge in [-0.15, -0.1) is 0 Å². The number of carbonyl (C=O) groups excluding carboxylic acids is 2. The molecule has 2 aromatic rings. The summed E-state index contributed by atoms with van der Waals surface area (Å²) in [5, 5.41) is 2.50. The van der Waals surface area contributed by atoms with Crippen LogP contribution in [-0.2, 0) is 11.0 Å². The van der Waals surface area contributed by atoms with Gasteiger partial charge in [-0.3, -0.25) is 9.59 Å². The Morgan fingerprint density at radius 3 is 2.09 bits per heavy atom. The van der Waals surface area contributed by atoms with Crippen LogP contribution in [0, 0.1) is 5.92 Å². The molecule has 1 heterocycles. The van der Waals surface area contributed by atoms with Gasteiger partial charge in [0.2, 0.25) is 11.7 Å². The number of methoxy groups -OCH3 is 3. The topological polar surface area (TPSA) is 77.1 Å². The summed E-state index contributed by atoms with van der Waals surface area (Å²) >= 11 is 5.97. The van der Waals surface area contributed by atoms with Gasteiger partial charge in [0.1, 0.15) is 0 Å².